The molecule has 0 amide bonds. The van der Waals surface area contributed by atoms with Gasteiger partial charge in [0.1, 0.15) is 11.0 Å². The van der Waals surface area contributed by atoms with Crippen LogP contribution in [0.25, 0.3) is 0 Å². The highest BCUT2D eigenvalue weighted by Gasteiger charge is 2.26. The lowest BCUT2D eigenvalue weighted by molar-refractivity contribution is 0.207. The standard InChI is InChI=1S/C14H20ClN3/c15-13-4-3-5-14(16-13)18-10-6-12(7-11-18)17-8-1-2-9-17/h3-5,12H,1-2,6-11H2. The lowest BCUT2D eigenvalue weighted by Crippen LogP contribution is -2.44. The van der Waals surface area contributed by atoms with Gasteiger partial charge in [-0.05, 0) is 50.9 Å². The van der Waals surface area contributed by atoms with Crippen LogP contribution in [-0.2, 0) is 0 Å². The van der Waals surface area contributed by atoms with Gasteiger partial charge < -0.3 is 9.80 Å². The summed E-state index contributed by atoms with van der Waals surface area (Å²) in [5, 5.41) is 0.592. The van der Waals surface area contributed by atoms with Gasteiger partial charge in [0.15, 0.2) is 0 Å². The van der Waals surface area contributed by atoms with Crippen LogP contribution < -0.4 is 4.90 Å². The Labute approximate surface area is 114 Å². The fraction of sp³-hybridized carbons (Fsp3) is 0.643. The van der Waals surface area contributed by atoms with Crippen molar-refractivity contribution in [2.45, 2.75) is 31.7 Å². The third-order valence-electron chi connectivity index (χ3n) is 4.15. The molecule has 3 rings (SSSR count). The van der Waals surface area contributed by atoms with E-state index in [-0.39, 0.29) is 0 Å². The zero-order chi connectivity index (χ0) is 12.4. The first kappa shape index (κ1) is 12.2. The van der Waals surface area contributed by atoms with Crippen LogP contribution in [0.15, 0.2) is 18.2 Å². The van der Waals surface area contributed by atoms with E-state index in [1.807, 2.05) is 12.1 Å². The number of halogens is 1. The second-order valence-corrected chi connectivity index (χ2v) is 5.67. The Bertz CT molecular complexity index is 396. The van der Waals surface area contributed by atoms with Gasteiger partial charge in [-0.15, -0.1) is 0 Å². The summed E-state index contributed by atoms with van der Waals surface area (Å²) < 4.78 is 0. The van der Waals surface area contributed by atoms with Crippen molar-refractivity contribution < 1.29 is 0 Å². The summed E-state index contributed by atoms with van der Waals surface area (Å²) in [6.45, 7) is 4.82. The second kappa shape index (κ2) is 5.45. The summed E-state index contributed by atoms with van der Waals surface area (Å²) in [6.07, 6.45) is 5.29. The highest BCUT2D eigenvalue weighted by Crippen LogP contribution is 2.24. The molecular formula is C14H20ClN3. The van der Waals surface area contributed by atoms with Gasteiger partial charge >= 0.3 is 0 Å². The Kier molecular flexibility index (Phi) is 3.71. The number of likely N-dealkylation sites (tertiary alicyclic amines) is 1. The predicted octanol–water partition coefficient (Wildman–Crippen LogP) is 2.80. The smallest absolute Gasteiger partial charge is 0.131 e. The van der Waals surface area contributed by atoms with E-state index in [0.717, 1.165) is 24.9 Å². The number of aromatic nitrogens is 1. The zero-order valence-electron chi connectivity index (χ0n) is 10.7. The fourth-order valence-corrected chi connectivity index (χ4v) is 3.30. The molecular weight excluding hydrogens is 246 g/mol. The van der Waals surface area contributed by atoms with Crippen molar-refractivity contribution in [3.8, 4) is 0 Å². The van der Waals surface area contributed by atoms with Crippen LogP contribution in [0.2, 0.25) is 5.15 Å². The van der Waals surface area contributed by atoms with Crippen LogP contribution in [0.5, 0.6) is 0 Å². The number of rotatable bonds is 2. The van der Waals surface area contributed by atoms with Crippen molar-refractivity contribution in [2.75, 3.05) is 31.1 Å². The molecule has 0 aromatic carbocycles. The van der Waals surface area contributed by atoms with Crippen LogP contribution in [-0.4, -0.2) is 42.1 Å². The number of hydrogen-bond donors (Lipinski definition) is 0. The number of hydrogen-bond acceptors (Lipinski definition) is 3. The van der Waals surface area contributed by atoms with E-state index in [1.165, 1.54) is 38.8 Å². The van der Waals surface area contributed by atoms with E-state index in [2.05, 4.69) is 20.9 Å². The Morgan fingerprint density at radius 3 is 2.44 bits per heavy atom. The number of nitrogens with zero attached hydrogens (tertiary/aromatic N) is 3. The topological polar surface area (TPSA) is 19.4 Å². The molecule has 4 heteroatoms. The van der Waals surface area contributed by atoms with E-state index in [4.69, 9.17) is 11.6 Å². The quantitative estimate of drug-likeness (QED) is 0.767. The molecule has 2 aliphatic rings. The highest BCUT2D eigenvalue weighted by molar-refractivity contribution is 6.29. The molecule has 1 aromatic rings. The molecule has 2 aliphatic heterocycles. The Balaban J connectivity index is 1.59. The number of anilines is 1. The summed E-state index contributed by atoms with van der Waals surface area (Å²) >= 11 is 5.95. The molecule has 0 bridgehead atoms. The van der Waals surface area contributed by atoms with Gasteiger partial charge in [-0.2, -0.15) is 0 Å². The molecule has 0 unspecified atom stereocenters. The second-order valence-electron chi connectivity index (χ2n) is 5.28. The molecule has 0 aliphatic carbocycles. The monoisotopic (exact) mass is 265 g/mol. The molecule has 0 atom stereocenters. The average Bonchev–Trinajstić information content (AvgIpc) is 2.93. The molecule has 98 valence electrons. The minimum absolute atomic E-state index is 0.592. The first-order valence-electron chi connectivity index (χ1n) is 6.94. The van der Waals surface area contributed by atoms with Crippen LogP contribution in [0.4, 0.5) is 5.82 Å². The average molecular weight is 266 g/mol. The molecule has 0 radical (unpaired) electrons. The molecule has 3 nitrogen and oxygen atoms in total. The van der Waals surface area contributed by atoms with Crippen molar-refractivity contribution in [3.63, 3.8) is 0 Å². The molecule has 0 N–H and O–H groups in total. The van der Waals surface area contributed by atoms with Crippen molar-refractivity contribution in [2.24, 2.45) is 0 Å². The summed E-state index contributed by atoms with van der Waals surface area (Å²) in [7, 11) is 0. The van der Waals surface area contributed by atoms with E-state index >= 15 is 0 Å². The Hall–Kier alpha value is -0.800. The lowest BCUT2D eigenvalue weighted by atomic mass is 10.0. The first-order chi connectivity index (χ1) is 8.83. The van der Waals surface area contributed by atoms with Gasteiger partial charge in [-0.3, -0.25) is 0 Å². The van der Waals surface area contributed by atoms with Crippen molar-refractivity contribution in [1.29, 1.82) is 0 Å². The van der Waals surface area contributed by atoms with Crippen molar-refractivity contribution in [3.05, 3.63) is 23.4 Å². The predicted molar refractivity (Wildman–Crippen MR) is 75.3 cm³/mol. The van der Waals surface area contributed by atoms with Crippen molar-refractivity contribution in [1.82, 2.24) is 9.88 Å². The molecule has 0 spiro atoms. The van der Waals surface area contributed by atoms with E-state index in [1.54, 1.807) is 0 Å². The lowest BCUT2D eigenvalue weighted by Gasteiger charge is -2.37. The van der Waals surface area contributed by atoms with Gasteiger partial charge in [0.05, 0.1) is 0 Å². The van der Waals surface area contributed by atoms with Gasteiger partial charge in [0.2, 0.25) is 0 Å². The number of piperidine rings is 1. The SMILES string of the molecule is Clc1cccc(N2CCC(N3CCCC3)CC2)n1. The molecule has 3 heterocycles. The van der Waals surface area contributed by atoms with Crippen LogP contribution in [0.1, 0.15) is 25.7 Å². The summed E-state index contributed by atoms with van der Waals surface area (Å²) in [4.78, 5) is 9.43. The van der Waals surface area contributed by atoms with E-state index < -0.39 is 0 Å². The van der Waals surface area contributed by atoms with Crippen LogP contribution >= 0.6 is 11.6 Å². The third kappa shape index (κ3) is 2.62. The van der Waals surface area contributed by atoms with Gasteiger partial charge in [-0.25, -0.2) is 4.98 Å². The van der Waals surface area contributed by atoms with Gasteiger partial charge in [-0.1, -0.05) is 17.7 Å². The third-order valence-corrected chi connectivity index (χ3v) is 4.36. The maximum atomic E-state index is 5.95. The van der Waals surface area contributed by atoms with E-state index in [0.29, 0.717) is 5.15 Å². The molecule has 2 saturated heterocycles. The molecule has 0 saturated carbocycles. The largest absolute Gasteiger partial charge is 0.356 e. The maximum absolute atomic E-state index is 5.95. The summed E-state index contributed by atoms with van der Waals surface area (Å²) in [6, 6.07) is 6.67. The first-order valence-corrected chi connectivity index (χ1v) is 7.32. The molecule has 1 aromatic heterocycles. The molecule has 2 fully saturated rings. The summed E-state index contributed by atoms with van der Waals surface area (Å²) in [5.41, 5.74) is 0. The minimum Gasteiger partial charge on any atom is -0.356 e. The van der Waals surface area contributed by atoms with Gasteiger partial charge in [0, 0.05) is 19.1 Å². The van der Waals surface area contributed by atoms with Crippen LogP contribution in [0, 0.1) is 0 Å². The number of pyridine rings is 1. The van der Waals surface area contributed by atoms with Crippen LogP contribution in [0.3, 0.4) is 0 Å². The molecule has 18 heavy (non-hydrogen) atoms. The normalized spacial score (nSPS) is 22.6. The maximum Gasteiger partial charge on any atom is 0.131 e. The minimum atomic E-state index is 0.592. The highest BCUT2D eigenvalue weighted by atomic mass is 35.5. The Morgan fingerprint density at radius 1 is 1.06 bits per heavy atom. The van der Waals surface area contributed by atoms with E-state index in [9.17, 15) is 0 Å². The summed E-state index contributed by atoms with van der Waals surface area (Å²) in [5.74, 6) is 1.03. The zero-order valence-corrected chi connectivity index (χ0v) is 11.4. The van der Waals surface area contributed by atoms with Crippen molar-refractivity contribution >= 4 is 17.4 Å². The van der Waals surface area contributed by atoms with Gasteiger partial charge in [0.25, 0.3) is 0 Å². The Morgan fingerprint density at radius 2 is 1.78 bits per heavy atom. The fourth-order valence-electron chi connectivity index (χ4n) is 3.14.